The van der Waals surface area contributed by atoms with Crippen LogP contribution in [-0.4, -0.2) is 47.4 Å². The molecule has 0 aliphatic heterocycles. The van der Waals surface area contributed by atoms with Crippen molar-refractivity contribution in [1.29, 1.82) is 0 Å². The molecular formula is C18H25N3O4. The molecule has 2 rings (SSSR count). The van der Waals surface area contributed by atoms with Gasteiger partial charge in [-0.1, -0.05) is 18.2 Å². The number of likely N-dealkylation sites (N-methyl/N-ethyl adjacent to an activating group) is 1. The molecule has 1 amide bonds. The lowest BCUT2D eigenvalue weighted by molar-refractivity contribution is -0.170. The fraction of sp³-hybridized carbons (Fsp3) is 0.444. The van der Waals surface area contributed by atoms with Crippen LogP contribution in [0.3, 0.4) is 0 Å². The van der Waals surface area contributed by atoms with Crippen molar-refractivity contribution < 1.29 is 19.2 Å². The first-order valence-electron chi connectivity index (χ1n) is 8.03. The lowest BCUT2D eigenvalue weighted by Gasteiger charge is -2.19. The Labute approximate surface area is 147 Å². The monoisotopic (exact) mass is 347 g/mol. The van der Waals surface area contributed by atoms with Crippen LogP contribution < -0.4 is 5.73 Å². The summed E-state index contributed by atoms with van der Waals surface area (Å²) >= 11 is 0. The topological polar surface area (TPSA) is 86.8 Å². The zero-order chi connectivity index (χ0) is 18.8. The number of nitrogens with two attached hydrogens (primary N) is 1. The van der Waals surface area contributed by atoms with Crippen LogP contribution in [0.25, 0.3) is 10.9 Å². The van der Waals surface area contributed by atoms with E-state index in [0.717, 1.165) is 16.0 Å². The van der Waals surface area contributed by atoms with Crippen LogP contribution in [0.4, 0.5) is 4.79 Å². The van der Waals surface area contributed by atoms with Gasteiger partial charge in [-0.2, -0.15) is 0 Å². The summed E-state index contributed by atoms with van der Waals surface area (Å²) in [6.07, 6.45) is 1.49. The molecule has 0 saturated carbocycles. The number of fused-ring (bicyclic) bond motifs is 1. The molecular weight excluding hydrogens is 322 g/mol. The molecule has 0 aliphatic carbocycles. The van der Waals surface area contributed by atoms with Gasteiger partial charge in [0.2, 0.25) is 0 Å². The van der Waals surface area contributed by atoms with Crippen LogP contribution in [-0.2, 0) is 20.8 Å². The Hall–Kier alpha value is -2.38. The predicted octanol–water partition coefficient (Wildman–Crippen LogP) is 2.31. The van der Waals surface area contributed by atoms with Gasteiger partial charge in [0.15, 0.2) is 0 Å². The van der Waals surface area contributed by atoms with E-state index in [-0.39, 0.29) is 12.3 Å². The molecule has 25 heavy (non-hydrogen) atoms. The third kappa shape index (κ3) is 4.37. The Balaban J connectivity index is 2.36. The number of hydrogen-bond acceptors (Lipinski definition) is 5. The van der Waals surface area contributed by atoms with Crippen molar-refractivity contribution in [3.63, 3.8) is 0 Å². The van der Waals surface area contributed by atoms with E-state index in [1.54, 1.807) is 6.20 Å². The maximum atomic E-state index is 12.5. The van der Waals surface area contributed by atoms with Gasteiger partial charge in [-0.3, -0.25) is 14.2 Å². The van der Waals surface area contributed by atoms with Gasteiger partial charge in [0.1, 0.15) is 5.60 Å². The molecule has 1 heterocycles. The van der Waals surface area contributed by atoms with Crippen LogP contribution in [0.15, 0.2) is 30.5 Å². The summed E-state index contributed by atoms with van der Waals surface area (Å²) in [5.41, 5.74) is 6.92. The number of ether oxygens (including phenoxy) is 1. The van der Waals surface area contributed by atoms with E-state index in [9.17, 15) is 9.59 Å². The van der Waals surface area contributed by atoms with Crippen LogP contribution in [0.2, 0.25) is 0 Å². The first-order chi connectivity index (χ1) is 11.6. The van der Waals surface area contributed by atoms with Gasteiger partial charge in [-0.05, 0) is 38.8 Å². The Morgan fingerprint density at radius 2 is 1.92 bits per heavy atom. The summed E-state index contributed by atoms with van der Waals surface area (Å²) < 4.78 is 6.90. The summed E-state index contributed by atoms with van der Waals surface area (Å²) in [5.74, 6) is -0.336. The zero-order valence-electron chi connectivity index (χ0n) is 15.3. The first kappa shape index (κ1) is 19.0. The van der Waals surface area contributed by atoms with E-state index < -0.39 is 17.7 Å². The average Bonchev–Trinajstić information content (AvgIpc) is 2.91. The minimum absolute atomic E-state index is 0.281. The third-order valence-corrected chi connectivity index (χ3v) is 3.73. The lowest BCUT2D eigenvalue weighted by Crippen LogP contribution is -2.42. The second-order valence-electron chi connectivity index (χ2n) is 6.85. The summed E-state index contributed by atoms with van der Waals surface area (Å²) in [7, 11) is 2.91. The van der Waals surface area contributed by atoms with E-state index in [4.69, 9.17) is 15.3 Å². The van der Waals surface area contributed by atoms with Crippen molar-refractivity contribution in [2.45, 2.75) is 38.8 Å². The third-order valence-electron chi connectivity index (χ3n) is 3.73. The van der Waals surface area contributed by atoms with E-state index in [0.29, 0.717) is 5.52 Å². The average molecular weight is 347 g/mol. The van der Waals surface area contributed by atoms with Gasteiger partial charge in [-0.15, -0.1) is 0 Å². The number of aromatic nitrogens is 1. The number of para-hydroxylation sites is 1. The molecule has 7 nitrogen and oxygen atoms in total. The fourth-order valence-electron chi connectivity index (χ4n) is 2.52. The van der Waals surface area contributed by atoms with Crippen molar-refractivity contribution in [3.05, 3.63) is 36.0 Å². The molecule has 1 atom stereocenters. The molecule has 0 bridgehead atoms. The molecule has 0 saturated heterocycles. The van der Waals surface area contributed by atoms with Gasteiger partial charge in [0.05, 0.1) is 18.7 Å². The Bertz CT molecular complexity index is 776. The van der Waals surface area contributed by atoms with Crippen LogP contribution in [0.1, 0.15) is 26.3 Å². The molecule has 7 heteroatoms. The van der Waals surface area contributed by atoms with Crippen LogP contribution in [0, 0.1) is 0 Å². The molecule has 0 aliphatic rings. The maximum Gasteiger partial charge on any atom is 0.419 e. The smallest absolute Gasteiger partial charge is 0.419 e. The number of carbonyl (C=O) groups excluding carboxylic acids is 2. The van der Waals surface area contributed by atoms with Gasteiger partial charge in [0.25, 0.3) is 5.91 Å². The molecule has 1 unspecified atom stereocenters. The van der Waals surface area contributed by atoms with Crippen LogP contribution >= 0.6 is 0 Å². The largest absolute Gasteiger partial charge is 0.443 e. The van der Waals surface area contributed by atoms with Crippen molar-refractivity contribution >= 4 is 22.9 Å². The summed E-state index contributed by atoms with van der Waals surface area (Å²) in [4.78, 5) is 29.5. The maximum absolute atomic E-state index is 12.5. The number of hydrogen-bond donors (Lipinski definition) is 1. The quantitative estimate of drug-likeness (QED) is 0.858. The van der Waals surface area contributed by atoms with Crippen molar-refractivity contribution in [2.75, 3.05) is 14.2 Å². The van der Waals surface area contributed by atoms with Gasteiger partial charge < -0.3 is 10.5 Å². The number of amides is 1. The molecule has 1 aromatic heterocycles. The summed E-state index contributed by atoms with van der Waals surface area (Å²) in [6, 6.07) is 6.67. The number of nitrogens with zero attached hydrogens (tertiary/aromatic N) is 2. The molecule has 0 spiro atoms. The lowest BCUT2D eigenvalue weighted by atomic mass is 10.1. The second kappa shape index (κ2) is 7.25. The number of hydroxylamine groups is 2. The van der Waals surface area contributed by atoms with E-state index in [2.05, 4.69) is 0 Å². The fourth-order valence-corrected chi connectivity index (χ4v) is 2.52. The van der Waals surface area contributed by atoms with Crippen molar-refractivity contribution in [2.24, 2.45) is 5.73 Å². The molecule has 136 valence electrons. The van der Waals surface area contributed by atoms with Gasteiger partial charge in [0, 0.05) is 18.6 Å². The standard InChI is InChI=1S/C18H25N3O4/c1-18(2,3)25-17(23)21-11-12(13-8-6-7-9-15(13)21)10-14(19)16(22)20(4)24-5/h6-9,11,14H,10,19H2,1-5H3. The Kier molecular flexibility index (Phi) is 5.49. The minimum atomic E-state index is -0.775. The van der Waals surface area contributed by atoms with Gasteiger partial charge >= 0.3 is 6.09 Å². The molecule has 2 aromatic rings. The summed E-state index contributed by atoms with van der Waals surface area (Å²) in [6.45, 7) is 5.44. The highest BCUT2D eigenvalue weighted by Gasteiger charge is 2.24. The zero-order valence-corrected chi connectivity index (χ0v) is 15.3. The molecule has 2 N–H and O–H groups in total. The normalized spacial score (nSPS) is 12.9. The Morgan fingerprint density at radius 1 is 1.28 bits per heavy atom. The SMILES string of the molecule is CON(C)C(=O)C(N)Cc1cn(C(=O)OC(C)(C)C)c2ccccc12. The van der Waals surface area contributed by atoms with Crippen molar-refractivity contribution in [3.8, 4) is 0 Å². The number of carbonyl (C=O) groups is 2. The number of rotatable bonds is 4. The minimum Gasteiger partial charge on any atom is -0.443 e. The predicted molar refractivity (Wildman–Crippen MR) is 95.0 cm³/mol. The molecule has 0 radical (unpaired) electrons. The van der Waals surface area contributed by atoms with Crippen LogP contribution in [0.5, 0.6) is 0 Å². The molecule has 1 aromatic carbocycles. The first-order valence-corrected chi connectivity index (χ1v) is 8.03. The van der Waals surface area contributed by atoms with E-state index in [1.165, 1.54) is 18.7 Å². The van der Waals surface area contributed by atoms with E-state index in [1.807, 2.05) is 45.0 Å². The Morgan fingerprint density at radius 3 is 2.52 bits per heavy atom. The highest BCUT2D eigenvalue weighted by atomic mass is 16.7. The van der Waals surface area contributed by atoms with Crippen molar-refractivity contribution in [1.82, 2.24) is 9.63 Å². The summed E-state index contributed by atoms with van der Waals surface area (Å²) in [5, 5.41) is 1.95. The second-order valence-corrected chi connectivity index (χ2v) is 6.85. The highest BCUT2D eigenvalue weighted by molar-refractivity contribution is 5.92. The number of benzene rings is 1. The van der Waals surface area contributed by atoms with E-state index >= 15 is 0 Å². The highest BCUT2D eigenvalue weighted by Crippen LogP contribution is 2.24. The molecule has 0 fully saturated rings. The van der Waals surface area contributed by atoms with Gasteiger partial charge in [-0.25, -0.2) is 9.86 Å².